The van der Waals surface area contributed by atoms with Crippen molar-refractivity contribution < 1.29 is 44.9 Å². The Morgan fingerprint density at radius 2 is 1.06 bits per heavy atom. The number of carbonyl (C=O) groups excluding carboxylic acids is 1. The Bertz CT molecular complexity index is 875. The molecule has 1 amide bonds. The maximum atomic E-state index is 13.0. The normalized spacial score (nSPS) is 22.1. The molecule has 1 aliphatic rings. The maximum absolute atomic E-state index is 13.0. The Balaban J connectivity index is 2.43. The van der Waals surface area contributed by atoms with E-state index >= 15 is 0 Å². The van der Waals surface area contributed by atoms with Crippen molar-refractivity contribution >= 4 is 5.91 Å². The van der Waals surface area contributed by atoms with Crippen molar-refractivity contribution in [2.24, 2.45) is 0 Å². The van der Waals surface area contributed by atoms with Crippen molar-refractivity contribution in [1.82, 2.24) is 5.32 Å². The molecule has 0 aromatic rings. The molecular formula is C44H85NO9. The molecule has 1 heterocycles. The van der Waals surface area contributed by atoms with Crippen molar-refractivity contribution in [2.75, 3.05) is 13.2 Å². The summed E-state index contributed by atoms with van der Waals surface area (Å²) in [4.78, 5) is 13.0. The number of allylic oxidation sites excluding steroid dienone is 1. The van der Waals surface area contributed by atoms with E-state index in [1.165, 1.54) is 135 Å². The molecule has 8 atom stereocenters. The number of hydrogen-bond acceptors (Lipinski definition) is 9. The largest absolute Gasteiger partial charge is 0.394 e. The first-order valence-corrected chi connectivity index (χ1v) is 22.5. The van der Waals surface area contributed by atoms with Gasteiger partial charge in [0, 0.05) is 0 Å². The van der Waals surface area contributed by atoms with Gasteiger partial charge in [-0.3, -0.25) is 4.79 Å². The highest BCUT2D eigenvalue weighted by Crippen LogP contribution is 2.23. The van der Waals surface area contributed by atoms with E-state index in [0.717, 1.165) is 44.9 Å². The number of ether oxygens (including phenoxy) is 2. The summed E-state index contributed by atoms with van der Waals surface area (Å²) in [6.45, 7) is 3.60. The SMILES string of the molecule is CCCCCCCCCCCCCCCCCC=CC(O)C(COC1OC(CO)C(O)C(O)C1O)NC(=O)C(O)CCCCCCCCCCCCCC. The number of amides is 1. The van der Waals surface area contributed by atoms with Gasteiger partial charge < -0.3 is 45.4 Å². The van der Waals surface area contributed by atoms with E-state index in [0.29, 0.717) is 6.42 Å². The first-order valence-electron chi connectivity index (χ1n) is 22.5. The van der Waals surface area contributed by atoms with Gasteiger partial charge in [0.05, 0.1) is 25.4 Å². The summed E-state index contributed by atoms with van der Waals surface area (Å²) < 4.78 is 11.1. The summed E-state index contributed by atoms with van der Waals surface area (Å²) in [5.74, 6) is -0.615. The van der Waals surface area contributed by atoms with Gasteiger partial charge >= 0.3 is 0 Å². The molecule has 0 radical (unpaired) electrons. The van der Waals surface area contributed by atoms with E-state index in [9.17, 15) is 35.4 Å². The molecule has 0 aromatic heterocycles. The van der Waals surface area contributed by atoms with Crippen LogP contribution in [-0.4, -0.2) is 98.7 Å². The van der Waals surface area contributed by atoms with Gasteiger partial charge in [0.15, 0.2) is 6.29 Å². The lowest BCUT2D eigenvalue weighted by atomic mass is 9.99. The second kappa shape index (κ2) is 35.1. The molecule has 0 aromatic carbocycles. The second-order valence-electron chi connectivity index (χ2n) is 16.0. The molecule has 1 fully saturated rings. The lowest BCUT2D eigenvalue weighted by Crippen LogP contribution is -2.60. The van der Waals surface area contributed by atoms with Crippen LogP contribution in [0.1, 0.15) is 200 Å². The predicted octanol–water partition coefficient (Wildman–Crippen LogP) is 7.92. The van der Waals surface area contributed by atoms with Gasteiger partial charge in [-0.2, -0.15) is 0 Å². The number of rotatable bonds is 37. The Kier molecular flexibility index (Phi) is 33.1. The number of nitrogens with one attached hydrogen (secondary N) is 1. The summed E-state index contributed by atoms with van der Waals surface area (Å²) in [5, 5.41) is 64.6. The number of aliphatic hydroxyl groups excluding tert-OH is 6. The van der Waals surface area contributed by atoms with Gasteiger partial charge in [-0.15, -0.1) is 0 Å². The molecule has 0 bridgehead atoms. The summed E-state index contributed by atoms with van der Waals surface area (Å²) in [6, 6.07) is -0.973. The van der Waals surface area contributed by atoms with Gasteiger partial charge in [0.1, 0.15) is 30.5 Å². The van der Waals surface area contributed by atoms with Crippen LogP contribution in [0.3, 0.4) is 0 Å². The van der Waals surface area contributed by atoms with Crippen LogP contribution in [0.2, 0.25) is 0 Å². The van der Waals surface area contributed by atoms with E-state index in [4.69, 9.17) is 9.47 Å². The van der Waals surface area contributed by atoms with Crippen LogP contribution in [-0.2, 0) is 14.3 Å². The topological polar surface area (TPSA) is 169 Å². The first-order chi connectivity index (χ1) is 26.3. The van der Waals surface area contributed by atoms with Crippen LogP contribution in [0.25, 0.3) is 0 Å². The molecule has 10 nitrogen and oxygen atoms in total. The molecule has 1 saturated heterocycles. The molecule has 1 rings (SSSR count). The fourth-order valence-electron chi connectivity index (χ4n) is 7.22. The Hall–Kier alpha value is -1.11. The van der Waals surface area contributed by atoms with Crippen molar-refractivity contribution in [3.63, 3.8) is 0 Å². The highest BCUT2D eigenvalue weighted by Gasteiger charge is 2.44. The van der Waals surface area contributed by atoms with Crippen LogP contribution >= 0.6 is 0 Å². The average molecular weight is 772 g/mol. The predicted molar refractivity (Wildman–Crippen MR) is 218 cm³/mol. The van der Waals surface area contributed by atoms with Gasteiger partial charge in [0.25, 0.3) is 0 Å². The smallest absolute Gasteiger partial charge is 0.249 e. The molecule has 0 spiro atoms. The Labute approximate surface area is 329 Å². The molecule has 10 heteroatoms. The molecule has 7 N–H and O–H groups in total. The lowest BCUT2D eigenvalue weighted by Gasteiger charge is -2.40. The lowest BCUT2D eigenvalue weighted by molar-refractivity contribution is -0.302. The standard InChI is InChI=1S/C44H85NO9/c1-3-5-7-9-11-13-15-17-18-19-20-21-23-24-26-28-30-32-37(47)36(35-53-44-42(51)41(50)40(49)39(34-46)54-44)45-43(52)38(48)33-31-29-27-25-22-16-14-12-10-8-6-4-2/h30,32,36-42,44,46-51H,3-29,31,33-35H2,1-2H3,(H,45,52). The minimum atomic E-state index is -1.61. The molecule has 54 heavy (non-hydrogen) atoms. The van der Waals surface area contributed by atoms with Gasteiger partial charge in [-0.25, -0.2) is 0 Å². The van der Waals surface area contributed by atoms with Crippen molar-refractivity contribution in [2.45, 2.75) is 249 Å². The Morgan fingerprint density at radius 3 is 1.50 bits per heavy atom. The summed E-state index contributed by atoms with van der Waals surface area (Å²) in [5.41, 5.74) is 0. The van der Waals surface area contributed by atoms with Crippen LogP contribution in [0.4, 0.5) is 0 Å². The van der Waals surface area contributed by atoms with Gasteiger partial charge in [0.2, 0.25) is 5.91 Å². The van der Waals surface area contributed by atoms with Crippen LogP contribution in [0, 0.1) is 0 Å². The third kappa shape index (κ3) is 25.2. The minimum absolute atomic E-state index is 0.301. The maximum Gasteiger partial charge on any atom is 0.249 e. The zero-order chi connectivity index (χ0) is 39.7. The molecule has 8 unspecified atom stereocenters. The van der Waals surface area contributed by atoms with E-state index in [-0.39, 0.29) is 6.61 Å². The molecule has 320 valence electrons. The van der Waals surface area contributed by atoms with E-state index < -0.39 is 61.5 Å². The van der Waals surface area contributed by atoms with Crippen LogP contribution in [0.5, 0.6) is 0 Å². The number of carbonyl (C=O) groups is 1. The first kappa shape index (κ1) is 50.9. The van der Waals surface area contributed by atoms with E-state index in [1.54, 1.807) is 6.08 Å². The fraction of sp³-hybridized carbons (Fsp3) is 0.932. The number of hydrogen-bond donors (Lipinski definition) is 7. The summed E-state index contributed by atoms with van der Waals surface area (Å²) in [7, 11) is 0. The molecular weight excluding hydrogens is 686 g/mol. The number of aliphatic hydroxyl groups is 6. The zero-order valence-corrected chi connectivity index (χ0v) is 34.6. The molecule has 0 saturated carbocycles. The van der Waals surface area contributed by atoms with Crippen LogP contribution < -0.4 is 5.32 Å². The highest BCUT2D eigenvalue weighted by atomic mass is 16.7. The quantitative estimate of drug-likeness (QED) is 0.0245. The third-order valence-corrected chi connectivity index (χ3v) is 11.0. The monoisotopic (exact) mass is 772 g/mol. The summed E-state index contributed by atoms with van der Waals surface area (Å²) in [6.07, 6.45) is 28.7. The minimum Gasteiger partial charge on any atom is -0.394 e. The average Bonchev–Trinajstić information content (AvgIpc) is 3.17. The van der Waals surface area contributed by atoms with Crippen LogP contribution in [0.15, 0.2) is 12.2 Å². The fourth-order valence-corrected chi connectivity index (χ4v) is 7.22. The molecule has 1 aliphatic heterocycles. The van der Waals surface area contributed by atoms with Gasteiger partial charge in [-0.1, -0.05) is 193 Å². The number of unbranched alkanes of at least 4 members (excludes halogenated alkanes) is 26. The molecule has 0 aliphatic carbocycles. The van der Waals surface area contributed by atoms with Crippen molar-refractivity contribution in [3.8, 4) is 0 Å². The highest BCUT2D eigenvalue weighted by molar-refractivity contribution is 5.80. The van der Waals surface area contributed by atoms with Gasteiger partial charge in [-0.05, 0) is 19.3 Å². The third-order valence-electron chi connectivity index (χ3n) is 11.0. The zero-order valence-electron chi connectivity index (χ0n) is 34.6. The second-order valence-corrected chi connectivity index (χ2v) is 16.0. The summed E-state index contributed by atoms with van der Waals surface area (Å²) >= 11 is 0. The van der Waals surface area contributed by atoms with E-state index in [2.05, 4.69) is 19.2 Å². The Morgan fingerprint density at radius 1 is 0.630 bits per heavy atom. The van der Waals surface area contributed by atoms with E-state index in [1.807, 2.05) is 6.08 Å². The van der Waals surface area contributed by atoms with Crippen molar-refractivity contribution in [3.05, 3.63) is 12.2 Å². The van der Waals surface area contributed by atoms with Crippen molar-refractivity contribution in [1.29, 1.82) is 0 Å².